The first-order valence-electron chi connectivity index (χ1n) is 4.77. The van der Waals surface area contributed by atoms with Crippen molar-refractivity contribution in [1.29, 1.82) is 0 Å². The molecular weight excluding hydrogens is 233 g/mol. The zero-order valence-corrected chi connectivity index (χ0v) is 9.72. The first kappa shape index (κ1) is 12.9. The van der Waals surface area contributed by atoms with Gasteiger partial charge in [-0.25, -0.2) is 12.8 Å². The minimum absolute atomic E-state index is 0.213. The van der Waals surface area contributed by atoms with Crippen LogP contribution in [0.2, 0.25) is 0 Å². The van der Waals surface area contributed by atoms with E-state index in [9.17, 15) is 17.9 Å². The van der Waals surface area contributed by atoms with Gasteiger partial charge >= 0.3 is 0 Å². The van der Waals surface area contributed by atoms with Gasteiger partial charge in [0.05, 0.1) is 0 Å². The summed E-state index contributed by atoms with van der Waals surface area (Å²) in [5.74, 6) is -1.05. The molecule has 0 aromatic heterocycles. The highest BCUT2D eigenvalue weighted by atomic mass is 32.2. The largest absolute Gasteiger partial charge is 0.508 e. The molecule has 0 spiro atoms. The van der Waals surface area contributed by atoms with Gasteiger partial charge in [0.1, 0.15) is 16.5 Å². The Bertz CT molecular complexity index is 485. The van der Waals surface area contributed by atoms with E-state index in [1.807, 2.05) is 0 Å². The molecule has 90 valence electrons. The maximum Gasteiger partial charge on any atom is 0.178 e. The second-order valence-electron chi connectivity index (χ2n) is 3.58. The molecule has 1 aromatic carbocycles. The van der Waals surface area contributed by atoms with Crippen LogP contribution in [0.4, 0.5) is 4.39 Å². The van der Waals surface area contributed by atoms with Gasteiger partial charge in [0.15, 0.2) is 9.84 Å². The number of aryl methyl sites for hydroxylation is 1. The fourth-order valence-corrected chi connectivity index (χ4v) is 2.10. The van der Waals surface area contributed by atoms with Crippen LogP contribution in [0.25, 0.3) is 0 Å². The number of benzene rings is 1. The first-order chi connectivity index (χ1) is 7.36. The van der Waals surface area contributed by atoms with Gasteiger partial charge in [0.2, 0.25) is 0 Å². The van der Waals surface area contributed by atoms with Crippen LogP contribution in [-0.2, 0) is 16.3 Å². The predicted octanol–water partition coefficient (Wildman–Crippen LogP) is 0.826. The molecule has 16 heavy (non-hydrogen) atoms. The van der Waals surface area contributed by atoms with E-state index in [2.05, 4.69) is 0 Å². The number of hydrogen-bond donors (Lipinski definition) is 2. The van der Waals surface area contributed by atoms with Crippen LogP contribution in [-0.4, -0.2) is 26.3 Å². The fraction of sp³-hybridized carbons (Fsp3) is 0.400. The predicted molar refractivity (Wildman–Crippen MR) is 58.6 cm³/mol. The highest BCUT2D eigenvalue weighted by Crippen LogP contribution is 2.25. The third-order valence-electron chi connectivity index (χ3n) is 2.18. The summed E-state index contributed by atoms with van der Waals surface area (Å²) in [6, 6.07) is 1.98. The molecule has 3 N–H and O–H groups in total. The second-order valence-corrected chi connectivity index (χ2v) is 5.56. The highest BCUT2D eigenvalue weighted by molar-refractivity contribution is 7.90. The first-order valence-corrected chi connectivity index (χ1v) is 6.67. The van der Waals surface area contributed by atoms with Crippen molar-refractivity contribution in [2.75, 3.05) is 12.8 Å². The standard InChI is InChI=1S/C10H14FNO3S/c1-16(14,15)10-6-9(13)7(3-2-4-12)5-8(10)11/h5-6,13H,2-4,12H2,1H3. The molecule has 0 heterocycles. The molecule has 0 amide bonds. The minimum Gasteiger partial charge on any atom is -0.508 e. The SMILES string of the molecule is CS(=O)(=O)c1cc(O)c(CCCN)cc1F. The molecule has 0 radical (unpaired) electrons. The van der Waals surface area contributed by atoms with Crippen LogP contribution in [0.5, 0.6) is 5.75 Å². The molecule has 0 saturated carbocycles. The van der Waals surface area contributed by atoms with Crippen molar-refractivity contribution in [2.45, 2.75) is 17.7 Å². The Morgan fingerprint density at radius 1 is 1.44 bits per heavy atom. The molecule has 0 aliphatic rings. The van der Waals surface area contributed by atoms with Crippen molar-refractivity contribution in [3.8, 4) is 5.75 Å². The second kappa shape index (κ2) is 4.80. The van der Waals surface area contributed by atoms with E-state index < -0.39 is 20.5 Å². The third-order valence-corrected chi connectivity index (χ3v) is 3.29. The number of phenols is 1. The van der Waals surface area contributed by atoms with Gasteiger partial charge in [-0.05, 0) is 31.0 Å². The van der Waals surface area contributed by atoms with Gasteiger partial charge in [-0.2, -0.15) is 0 Å². The number of halogens is 1. The molecule has 6 heteroatoms. The molecule has 4 nitrogen and oxygen atoms in total. The van der Waals surface area contributed by atoms with Crippen molar-refractivity contribution in [3.63, 3.8) is 0 Å². The van der Waals surface area contributed by atoms with E-state index in [-0.39, 0.29) is 5.75 Å². The third kappa shape index (κ3) is 2.93. The average molecular weight is 247 g/mol. The van der Waals surface area contributed by atoms with Gasteiger partial charge in [-0.3, -0.25) is 0 Å². The normalized spacial score (nSPS) is 11.7. The maximum atomic E-state index is 13.4. The van der Waals surface area contributed by atoms with Gasteiger partial charge in [0, 0.05) is 12.3 Å². The lowest BCUT2D eigenvalue weighted by Crippen LogP contribution is -2.04. The number of aromatic hydroxyl groups is 1. The Labute approximate surface area is 93.8 Å². The lowest BCUT2D eigenvalue weighted by molar-refractivity contribution is 0.459. The van der Waals surface area contributed by atoms with Crippen molar-refractivity contribution in [2.24, 2.45) is 5.73 Å². The zero-order chi connectivity index (χ0) is 12.3. The summed E-state index contributed by atoms with van der Waals surface area (Å²) in [5, 5.41) is 9.53. The van der Waals surface area contributed by atoms with Crippen LogP contribution in [0.15, 0.2) is 17.0 Å². The van der Waals surface area contributed by atoms with Gasteiger partial charge < -0.3 is 10.8 Å². The molecule has 0 bridgehead atoms. The van der Waals surface area contributed by atoms with Gasteiger partial charge in [0.25, 0.3) is 0 Å². The molecule has 0 saturated heterocycles. The summed E-state index contributed by atoms with van der Waals surface area (Å²) in [6.45, 7) is 0.425. The van der Waals surface area contributed by atoms with E-state index in [4.69, 9.17) is 5.73 Å². The molecule has 0 fully saturated rings. The van der Waals surface area contributed by atoms with Crippen LogP contribution in [0.1, 0.15) is 12.0 Å². The molecule has 0 aliphatic carbocycles. The highest BCUT2D eigenvalue weighted by Gasteiger charge is 2.16. The number of phenolic OH excluding ortho intramolecular Hbond substituents is 1. The Morgan fingerprint density at radius 2 is 2.06 bits per heavy atom. The van der Waals surface area contributed by atoms with Crippen LogP contribution >= 0.6 is 0 Å². The molecule has 0 unspecified atom stereocenters. The van der Waals surface area contributed by atoms with Crippen LogP contribution < -0.4 is 5.73 Å². The van der Waals surface area contributed by atoms with E-state index in [0.717, 1.165) is 18.4 Å². The summed E-state index contributed by atoms with van der Waals surface area (Å²) >= 11 is 0. The zero-order valence-electron chi connectivity index (χ0n) is 8.90. The molecule has 1 aromatic rings. The fourth-order valence-electron chi connectivity index (χ4n) is 1.36. The molecule has 0 atom stereocenters. The van der Waals surface area contributed by atoms with Gasteiger partial charge in [-0.15, -0.1) is 0 Å². The van der Waals surface area contributed by atoms with Gasteiger partial charge in [-0.1, -0.05) is 0 Å². The molecular formula is C10H14FNO3S. The Balaban J connectivity index is 3.17. The molecule has 0 aliphatic heterocycles. The van der Waals surface area contributed by atoms with E-state index in [1.165, 1.54) is 0 Å². The lowest BCUT2D eigenvalue weighted by Gasteiger charge is -2.07. The van der Waals surface area contributed by atoms with Crippen molar-refractivity contribution >= 4 is 9.84 Å². The van der Waals surface area contributed by atoms with Crippen molar-refractivity contribution in [3.05, 3.63) is 23.5 Å². The van der Waals surface area contributed by atoms with E-state index in [0.29, 0.717) is 24.9 Å². The summed E-state index contributed by atoms with van der Waals surface area (Å²) in [5.41, 5.74) is 5.66. The summed E-state index contributed by atoms with van der Waals surface area (Å²) < 4.78 is 35.8. The topological polar surface area (TPSA) is 80.4 Å². The number of sulfone groups is 1. The summed E-state index contributed by atoms with van der Waals surface area (Å²) in [4.78, 5) is -0.485. The minimum atomic E-state index is -3.65. The monoisotopic (exact) mass is 247 g/mol. The Morgan fingerprint density at radius 3 is 2.56 bits per heavy atom. The Hall–Kier alpha value is -1.14. The number of rotatable bonds is 4. The van der Waals surface area contributed by atoms with E-state index in [1.54, 1.807) is 0 Å². The molecule has 1 rings (SSSR count). The smallest absolute Gasteiger partial charge is 0.178 e. The van der Waals surface area contributed by atoms with Crippen LogP contribution in [0.3, 0.4) is 0 Å². The Kier molecular flexibility index (Phi) is 3.88. The number of hydrogen-bond acceptors (Lipinski definition) is 4. The quantitative estimate of drug-likeness (QED) is 0.825. The van der Waals surface area contributed by atoms with Crippen LogP contribution in [0, 0.1) is 5.82 Å². The number of nitrogens with two attached hydrogens (primary N) is 1. The lowest BCUT2D eigenvalue weighted by atomic mass is 10.1. The van der Waals surface area contributed by atoms with Crippen molar-refractivity contribution in [1.82, 2.24) is 0 Å². The summed E-state index contributed by atoms with van der Waals surface area (Å²) in [6.07, 6.45) is 1.92. The summed E-state index contributed by atoms with van der Waals surface area (Å²) in [7, 11) is -3.65. The van der Waals surface area contributed by atoms with Crippen molar-refractivity contribution < 1.29 is 17.9 Å². The average Bonchev–Trinajstić information content (AvgIpc) is 2.17. The van der Waals surface area contributed by atoms with E-state index >= 15 is 0 Å². The maximum absolute atomic E-state index is 13.4.